The summed E-state index contributed by atoms with van der Waals surface area (Å²) >= 11 is 0. The third-order valence-electron chi connectivity index (χ3n) is 5.32. The van der Waals surface area contributed by atoms with Crippen LogP contribution in [0.5, 0.6) is 0 Å². The van der Waals surface area contributed by atoms with Gasteiger partial charge in [-0.25, -0.2) is 0 Å². The van der Waals surface area contributed by atoms with E-state index in [-0.39, 0.29) is 12.8 Å². The van der Waals surface area contributed by atoms with Crippen molar-refractivity contribution in [2.24, 2.45) is 10.8 Å². The Labute approximate surface area is 128 Å². The fraction of sp³-hybridized carbons (Fsp3) is 0.857. The fourth-order valence-electron chi connectivity index (χ4n) is 4.41. The Morgan fingerprint density at radius 1 is 0.682 bits per heavy atom. The second-order valence-corrected chi connectivity index (χ2v) is 5.49. The number of esters is 2. The first-order chi connectivity index (χ1) is 10.4. The summed E-state index contributed by atoms with van der Waals surface area (Å²) in [7, 11) is 8.06. The van der Waals surface area contributed by atoms with E-state index in [0.717, 1.165) is 0 Å². The zero-order chi connectivity index (χ0) is 16.8. The fourth-order valence-corrected chi connectivity index (χ4v) is 4.41. The summed E-state index contributed by atoms with van der Waals surface area (Å²) in [5, 5.41) is 0. The lowest BCUT2D eigenvalue weighted by Crippen LogP contribution is -2.93. The van der Waals surface area contributed by atoms with Crippen molar-refractivity contribution in [2.45, 2.75) is 24.4 Å². The molecular formula is C14H22O8. The van der Waals surface area contributed by atoms with Gasteiger partial charge in [0, 0.05) is 41.3 Å². The van der Waals surface area contributed by atoms with Gasteiger partial charge in [-0.05, 0) is 0 Å². The molecular weight excluding hydrogens is 296 g/mol. The Hall–Kier alpha value is -1.22. The SMILES string of the molecule is COC(=O)C12CC(OC)(OC)C1(C(=O)OC)C(OC)(OC)C2. The van der Waals surface area contributed by atoms with E-state index in [2.05, 4.69) is 0 Å². The van der Waals surface area contributed by atoms with Crippen LogP contribution < -0.4 is 0 Å². The lowest BCUT2D eigenvalue weighted by molar-refractivity contribution is -0.507. The van der Waals surface area contributed by atoms with Gasteiger partial charge in [0.1, 0.15) is 5.41 Å². The van der Waals surface area contributed by atoms with E-state index in [1.807, 2.05) is 0 Å². The van der Waals surface area contributed by atoms with Crippen LogP contribution in [0.25, 0.3) is 0 Å². The van der Waals surface area contributed by atoms with E-state index in [1.165, 1.54) is 42.7 Å². The molecule has 0 amide bonds. The second kappa shape index (κ2) is 5.16. The molecule has 0 radical (unpaired) electrons. The number of carbonyl (C=O) groups excluding carboxylic acids is 2. The van der Waals surface area contributed by atoms with Crippen LogP contribution in [0.3, 0.4) is 0 Å². The number of fused-ring (bicyclic) bond motifs is 1. The Morgan fingerprint density at radius 2 is 1.05 bits per heavy atom. The number of ether oxygens (including phenoxy) is 6. The van der Waals surface area contributed by atoms with E-state index < -0.39 is 34.3 Å². The van der Waals surface area contributed by atoms with Crippen LogP contribution in [0.2, 0.25) is 0 Å². The lowest BCUT2D eigenvalue weighted by atomic mass is 9.31. The zero-order valence-electron chi connectivity index (χ0n) is 13.7. The minimum absolute atomic E-state index is 0.142. The molecule has 0 atom stereocenters. The number of rotatable bonds is 6. The summed E-state index contributed by atoms with van der Waals surface area (Å²) in [6.45, 7) is 0. The van der Waals surface area contributed by atoms with Crippen molar-refractivity contribution < 1.29 is 38.0 Å². The van der Waals surface area contributed by atoms with Crippen molar-refractivity contribution in [1.82, 2.24) is 0 Å². The van der Waals surface area contributed by atoms with Crippen LogP contribution in [0.4, 0.5) is 0 Å². The molecule has 0 aromatic heterocycles. The maximum Gasteiger partial charge on any atom is 0.324 e. The lowest BCUT2D eigenvalue weighted by Gasteiger charge is -2.77. The highest BCUT2D eigenvalue weighted by Gasteiger charge is 2.98. The monoisotopic (exact) mass is 318 g/mol. The molecule has 0 unspecified atom stereocenters. The molecule has 8 nitrogen and oxygen atoms in total. The normalized spacial score (nSPS) is 33.9. The third-order valence-corrected chi connectivity index (χ3v) is 5.32. The Kier molecular flexibility index (Phi) is 4.02. The highest BCUT2D eigenvalue weighted by Crippen LogP contribution is 2.81. The van der Waals surface area contributed by atoms with Crippen molar-refractivity contribution in [2.75, 3.05) is 42.7 Å². The van der Waals surface area contributed by atoms with E-state index in [0.29, 0.717) is 0 Å². The minimum atomic E-state index is -1.61. The molecule has 2 saturated carbocycles. The summed E-state index contributed by atoms with van der Waals surface area (Å²) in [5.74, 6) is -4.06. The summed E-state index contributed by atoms with van der Waals surface area (Å²) in [5.41, 5.74) is -2.78. The molecule has 0 aromatic carbocycles. The van der Waals surface area contributed by atoms with Crippen molar-refractivity contribution >= 4 is 11.9 Å². The largest absolute Gasteiger partial charge is 0.469 e. The van der Waals surface area contributed by atoms with Crippen LogP contribution in [-0.2, 0) is 38.0 Å². The van der Waals surface area contributed by atoms with Gasteiger partial charge in [0.25, 0.3) is 0 Å². The molecule has 22 heavy (non-hydrogen) atoms. The molecule has 2 aliphatic rings. The zero-order valence-corrected chi connectivity index (χ0v) is 13.7. The highest BCUT2D eigenvalue weighted by atomic mass is 16.7. The van der Waals surface area contributed by atoms with E-state index in [9.17, 15) is 9.59 Å². The molecule has 2 rings (SSSR count). The van der Waals surface area contributed by atoms with Gasteiger partial charge in [0.15, 0.2) is 17.0 Å². The summed E-state index contributed by atoms with van der Waals surface area (Å²) in [4.78, 5) is 25.1. The Morgan fingerprint density at radius 3 is 1.32 bits per heavy atom. The average Bonchev–Trinajstić information content (AvgIpc) is 2.55. The average molecular weight is 318 g/mol. The molecule has 2 aliphatic carbocycles. The molecule has 8 heteroatoms. The number of hydrogen-bond donors (Lipinski definition) is 0. The van der Waals surface area contributed by atoms with Crippen LogP contribution in [-0.4, -0.2) is 66.2 Å². The molecule has 0 bridgehead atoms. The first kappa shape index (κ1) is 17.1. The molecule has 0 aromatic rings. The smallest absolute Gasteiger partial charge is 0.324 e. The maximum absolute atomic E-state index is 12.7. The van der Waals surface area contributed by atoms with Crippen molar-refractivity contribution in [3.63, 3.8) is 0 Å². The summed E-state index contributed by atoms with van der Waals surface area (Å²) in [6.07, 6.45) is 0.284. The second-order valence-electron chi connectivity index (χ2n) is 5.49. The predicted octanol–water partition coefficient (Wildman–Crippen LogP) is 0.0908. The van der Waals surface area contributed by atoms with Gasteiger partial charge < -0.3 is 28.4 Å². The van der Waals surface area contributed by atoms with E-state index >= 15 is 0 Å². The Bertz CT molecular complexity index is 455. The Balaban J connectivity index is 2.69. The molecule has 2 fully saturated rings. The number of methoxy groups -OCH3 is 6. The molecule has 0 spiro atoms. The van der Waals surface area contributed by atoms with Gasteiger partial charge in [0.05, 0.1) is 14.2 Å². The molecule has 0 heterocycles. The molecule has 0 saturated heterocycles. The van der Waals surface area contributed by atoms with E-state index in [4.69, 9.17) is 28.4 Å². The van der Waals surface area contributed by atoms with Gasteiger partial charge in [-0.15, -0.1) is 0 Å². The van der Waals surface area contributed by atoms with Crippen molar-refractivity contribution in [3.8, 4) is 0 Å². The van der Waals surface area contributed by atoms with Gasteiger partial charge in [-0.2, -0.15) is 0 Å². The highest BCUT2D eigenvalue weighted by molar-refractivity contribution is 5.96. The predicted molar refractivity (Wildman–Crippen MR) is 71.6 cm³/mol. The summed E-state index contributed by atoms with van der Waals surface area (Å²) in [6, 6.07) is 0. The van der Waals surface area contributed by atoms with Crippen LogP contribution in [0.1, 0.15) is 12.8 Å². The maximum atomic E-state index is 12.7. The number of carbonyl (C=O) groups is 2. The van der Waals surface area contributed by atoms with Gasteiger partial charge in [-0.3, -0.25) is 9.59 Å². The molecule has 126 valence electrons. The van der Waals surface area contributed by atoms with Gasteiger partial charge >= 0.3 is 11.9 Å². The van der Waals surface area contributed by atoms with Crippen molar-refractivity contribution in [3.05, 3.63) is 0 Å². The standard InChI is InChI=1S/C14H22O8/c1-17-9(15)11-7-12(19-3,20-4)14(11,10(16)18-2)13(8-11,21-5)22-6/h7-8H2,1-6H3. The van der Waals surface area contributed by atoms with Crippen molar-refractivity contribution in [1.29, 1.82) is 0 Å². The topological polar surface area (TPSA) is 89.5 Å². The summed E-state index contributed by atoms with van der Waals surface area (Å²) < 4.78 is 31.7. The molecule has 0 aliphatic heterocycles. The molecule has 0 N–H and O–H groups in total. The number of hydrogen-bond acceptors (Lipinski definition) is 8. The van der Waals surface area contributed by atoms with Crippen LogP contribution in [0, 0.1) is 10.8 Å². The van der Waals surface area contributed by atoms with Gasteiger partial charge in [-0.1, -0.05) is 0 Å². The first-order valence-electron chi connectivity index (χ1n) is 6.75. The van der Waals surface area contributed by atoms with Crippen LogP contribution in [0.15, 0.2) is 0 Å². The minimum Gasteiger partial charge on any atom is -0.469 e. The van der Waals surface area contributed by atoms with Crippen LogP contribution >= 0.6 is 0 Å². The first-order valence-corrected chi connectivity index (χ1v) is 6.75. The van der Waals surface area contributed by atoms with Gasteiger partial charge in [0.2, 0.25) is 0 Å². The quantitative estimate of drug-likeness (QED) is 0.503. The third kappa shape index (κ3) is 1.37. The van der Waals surface area contributed by atoms with E-state index in [1.54, 1.807) is 0 Å².